The Morgan fingerprint density at radius 2 is 1.94 bits per heavy atom. The summed E-state index contributed by atoms with van der Waals surface area (Å²) in [7, 11) is 0. The first-order valence-corrected chi connectivity index (χ1v) is 6.35. The molecule has 1 aliphatic heterocycles. The molecular formula is C15H23N. The second-order valence-corrected chi connectivity index (χ2v) is 5.81. The normalized spacial score (nSPS) is 19.8. The molecule has 0 unspecified atom stereocenters. The number of hydrogen-bond acceptors (Lipinski definition) is 1. The second kappa shape index (κ2) is 4.21. The Morgan fingerprint density at radius 1 is 1.25 bits per heavy atom. The predicted molar refractivity (Wildman–Crippen MR) is 69.6 cm³/mol. The zero-order chi connectivity index (χ0) is 11.8. The molecule has 0 amide bonds. The fourth-order valence-corrected chi connectivity index (χ4v) is 2.80. The molecule has 0 fully saturated rings. The Morgan fingerprint density at radius 3 is 2.62 bits per heavy atom. The Kier molecular flexibility index (Phi) is 3.07. The van der Waals surface area contributed by atoms with Gasteiger partial charge in [-0.1, -0.05) is 38.1 Å². The molecule has 0 aliphatic carbocycles. The maximum atomic E-state index is 2.62. The van der Waals surface area contributed by atoms with E-state index in [0.29, 0.717) is 0 Å². The van der Waals surface area contributed by atoms with E-state index >= 15 is 0 Å². The summed E-state index contributed by atoms with van der Waals surface area (Å²) in [6.45, 7) is 11.7. The molecule has 0 aromatic heterocycles. The van der Waals surface area contributed by atoms with Crippen LogP contribution in [0.25, 0.3) is 0 Å². The summed E-state index contributed by atoms with van der Waals surface area (Å²) in [4.78, 5) is 2.62. The van der Waals surface area contributed by atoms with Crippen LogP contribution in [0.3, 0.4) is 0 Å². The molecule has 2 rings (SSSR count). The van der Waals surface area contributed by atoms with E-state index in [1.807, 2.05) is 0 Å². The third kappa shape index (κ3) is 2.01. The van der Waals surface area contributed by atoms with Crippen LogP contribution in [-0.2, 0) is 12.0 Å². The lowest BCUT2D eigenvalue weighted by molar-refractivity contribution is 0.0924. The maximum Gasteiger partial charge on any atom is 0.0407 e. The van der Waals surface area contributed by atoms with E-state index in [9.17, 15) is 0 Å². The van der Waals surface area contributed by atoms with Gasteiger partial charge in [0.05, 0.1) is 0 Å². The molecule has 1 nitrogen and oxygen atoms in total. The second-order valence-electron chi connectivity index (χ2n) is 5.81. The van der Waals surface area contributed by atoms with E-state index in [2.05, 4.69) is 56.9 Å². The summed E-state index contributed by atoms with van der Waals surface area (Å²) >= 11 is 0. The van der Waals surface area contributed by atoms with Crippen molar-refractivity contribution in [3.05, 3.63) is 35.4 Å². The number of benzene rings is 1. The highest BCUT2D eigenvalue weighted by Crippen LogP contribution is 2.35. The Balaban J connectivity index is 2.31. The van der Waals surface area contributed by atoms with Crippen molar-refractivity contribution in [1.82, 2.24) is 4.90 Å². The minimum absolute atomic E-state index is 0.194. The van der Waals surface area contributed by atoms with Gasteiger partial charge in [0.1, 0.15) is 0 Å². The van der Waals surface area contributed by atoms with Crippen molar-refractivity contribution in [1.29, 1.82) is 0 Å². The highest BCUT2D eigenvalue weighted by molar-refractivity contribution is 5.35. The van der Waals surface area contributed by atoms with E-state index < -0.39 is 0 Å². The van der Waals surface area contributed by atoms with Gasteiger partial charge in [0.2, 0.25) is 0 Å². The summed E-state index contributed by atoms with van der Waals surface area (Å²) in [5, 5.41) is 0. The van der Waals surface area contributed by atoms with Crippen LogP contribution >= 0.6 is 0 Å². The highest BCUT2D eigenvalue weighted by Gasteiger charge is 2.33. The first kappa shape index (κ1) is 11.7. The lowest BCUT2D eigenvalue weighted by Crippen LogP contribution is -2.48. The lowest BCUT2D eigenvalue weighted by atomic mass is 9.83. The standard InChI is InChI=1S/C15H23N/c1-12(2)11-16-10-9-13-7-5-6-8-14(13)15(16,3)4/h5-8,12H,9-11H2,1-4H3. The molecule has 1 heterocycles. The van der Waals surface area contributed by atoms with Crippen molar-refractivity contribution >= 4 is 0 Å². The monoisotopic (exact) mass is 217 g/mol. The average Bonchev–Trinajstić information content (AvgIpc) is 2.22. The molecule has 0 bridgehead atoms. The Bertz CT molecular complexity index is 365. The molecule has 1 aliphatic rings. The van der Waals surface area contributed by atoms with Crippen molar-refractivity contribution in [3.63, 3.8) is 0 Å². The quantitative estimate of drug-likeness (QED) is 0.733. The molecular weight excluding hydrogens is 194 g/mol. The predicted octanol–water partition coefficient (Wildman–Crippen LogP) is 3.44. The van der Waals surface area contributed by atoms with E-state index in [0.717, 1.165) is 5.92 Å². The van der Waals surface area contributed by atoms with Crippen LogP contribution < -0.4 is 0 Å². The van der Waals surface area contributed by atoms with Gasteiger partial charge in [-0.2, -0.15) is 0 Å². The van der Waals surface area contributed by atoms with Crippen molar-refractivity contribution in [3.8, 4) is 0 Å². The SMILES string of the molecule is CC(C)CN1CCc2ccccc2C1(C)C. The fourth-order valence-electron chi connectivity index (χ4n) is 2.80. The van der Waals surface area contributed by atoms with Crippen LogP contribution in [0.5, 0.6) is 0 Å². The first-order valence-electron chi connectivity index (χ1n) is 6.35. The van der Waals surface area contributed by atoms with Gasteiger partial charge in [-0.15, -0.1) is 0 Å². The van der Waals surface area contributed by atoms with Crippen LogP contribution in [0, 0.1) is 5.92 Å². The van der Waals surface area contributed by atoms with E-state index in [1.54, 1.807) is 0 Å². The molecule has 16 heavy (non-hydrogen) atoms. The van der Waals surface area contributed by atoms with Gasteiger partial charge in [-0.25, -0.2) is 0 Å². The van der Waals surface area contributed by atoms with Crippen LogP contribution in [0.15, 0.2) is 24.3 Å². The van der Waals surface area contributed by atoms with Crippen molar-refractivity contribution in [2.75, 3.05) is 13.1 Å². The number of nitrogens with zero attached hydrogens (tertiary/aromatic N) is 1. The van der Waals surface area contributed by atoms with Crippen molar-refractivity contribution in [2.24, 2.45) is 5.92 Å². The highest BCUT2D eigenvalue weighted by atomic mass is 15.2. The Labute approximate surface area is 99.5 Å². The molecule has 0 saturated carbocycles. The van der Waals surface area contributed by atoms with Gasteiger partial charge in [0.25, 0.3) is 0 Å². The summed E-state index contributed by atoms with van der Waals surface area (Å²) < 4.78 is 0. The summed E-state index contributed by atoms with van der Waals surface area (Å²) in [6.07, 6.45) is 1.20. The smallest absolute Gasteiger partial charge is 0.0407 e. The molecule has 1 aromatic carbocycles. The molecule has 0 spiro atoms. The van der Waals surface area contributed by atoms with E-state index in [4.69, 9.17) is 0 Å². The average molecular weight is 217 g/mol. The van der Waals surface area contributed by atoms with Crippen molar-refractivity contribution in [2.45, 2.75) is 39.7 Å². The van der Waals surface area contributed by atoms with Crippen molar-refractivity contribution < 1.29 is 0 Å². The van der Waals surface area contributed by atoms with Crippen LogP contribution in [0.2, 0.25) is 0 Å². The third-order valence-electron chi connectivity index (χ3n) is 3.70. The fraction of sp³-hybridized carbons (Fsp3) is 0.600. The van der Waals surface area contributed by atoms with Gasteiger partial charge < -0.3 is 0 Å². The molecule has 1 aromatic rings. The van der Waals surface area contributed by atoms with Gasteiger partial charge >= 0.3 is 0 Å². The molecule has 0 N–H and O–H groups in total. The molecule has 0 radical (unpaired) electrons. The third-order valence-corrected chi connectivity index (χ3v) is 3.70. The van der Waals surface area contributed by atoms with E-state index in [-0.39, 0.29) is 5.54 Å². The largest absolute Gasteiger partial charge is 0.294 e. The zero-order valence-electron chi connectivity index (χ0n) is 11.0. The zero-order valence-corrected chi connectivity index (χ0v) is 11.0. The minimum Gasteiger partial charge on any atom is -0.294 e. The maximum absolute atomic E-state index is 2.62. The molecule has 1 heteroatoms. The number of rotatable bonds is 2. The van der Waals surface area contributed by atoms with Gasteiger partial charge in [-0.3, -0.25) is 4.90 Å². The van der Waals surface area contributed by atoms with E-state index in [1.165, 1.54) is 30.6 Å². The van der Waals surface area contributed by atoms with Crippen LogP contribution in [-0.4, -0.2) is 18.0 Å². The van der Waals surface area contributed by atoms with Crippen LogP contribution in [0.4, 0.5) is 0 Å². The van der Waals surface area contributed by atoms with Gasteiger partial charge in [0, 0.05) is 18.6 Å². The summed E-state index contributed by atoms with van der Waals surface area (Å²) in [6, 6.07) is 8.90. The van der Waals surface area contributed by atoms with Gasteiger partial charge in [0.15, 0.2) is 0 Å². The molecule has 0 saturated heterocycles. The molecule has 0 atom stereocenters. The lowest BCUT2D eigenvalue weighted by Gasteiger charge is -2.44. The van der Waals surface area contributed by atoms with Crippen LogP contribution in [0.1, 0.15) is 38.8 Å². The molecule has 88 valence electrons. The van der Waals surface area contributed by atoms with Gasteiger partial charge in [-0.05, 0) is 37.3 Å². The number of fused-ring (bicyclic) bond motifs is 1. The summed E-state index contributed by atoms with van der Waals surface area (Å²) in [5.41, 5.74) is 3.24. The first-order chi connectivity index (χ1) is 7.51. The topological polar surface area (TPSA) is 3.24 Å². The summed E-state index contributed by atoms with van der Waals surface area (Å²) in [5.74, 6) is 0.740. The number of hydrogen-bond donors (Lipinski definition) is 0. The minimum atomic E-state index is 0.194. The Hall–Kier alpha value is -0.820.